The fourth-order valence-electron chi connectivity index (χ4n) is 1.71. The van der Waals surface area contributed by atoms with Gasteiger partial charge < -0.3 is 10.5 Å². The Morgan fingerprint density at radius 1 is 1.31 bits per heavy atom. The Morgan fingerprint density at radius 2 is 2.19 bits per heavy atom. The van der Waals surface area contributed by atoms with Crippen LogP contribution in [0.25, 0.3) is 0 Å². The molecule has 2 aromatic rings. The van der Waals surface area contributed by atoms with Gasteiger partial charge in [0.05, 0.1) is 7.11 Å². The van der Waals surface area contributed by atoms with Crippen LogP contribution < -0.4 is 10.5 Å². The van der Waals surface area contributed by atoms with Gasteiger partial charge in [0.25, 0.3) is 0 Å². The van der Waals surface area contributed by atoms with Crippen LogP contribution in [0.15, 0.2) is 42.5 Å². The van der Waals surface area contributed by atoms with Crippen molar-refractivity contribution >= 4 is 5.69 Å². The number of benzene rings is 2. The standard InChI is InChI=1S/C14H14NO/c1-16-14-8-3-2-6-12(14)9-11-5-4-7-13(15)10-11/h2,4-8,10H,9,15H2,1H3. The van der Waals surface area contributed by atoms with Crippen LogP contribution in [0.1, 0.15) is 11.1 Å². The average molecular weight is 212 g/mol. The summed E-state index contributed by atoms with van der Waals surface area (Å²) in [6.45, 7) is 0. The summed E-state index contributed by atoms with van der Waals surface area (Å²) >= 11 is 0. The molecule has 0 aliphatic rings. The van der Waals surface area contributed by atoms with Crippen molar-refractivity contribution in [3.05, 3.63) is 59.7 Å². The SMILES string of the molecule is COc1c[c]ccc1Cc1cccc(N)c1. The highest BCUT2D eigenvalue weighted by atomic mass is 16.5. The normalized spacial score (nSPS) is 10.1. The molecule has 16 heavy (non-hydrogen) atoms. The van der Waals surface area contributed by atoms with E-state index >= 15 is 0 Å². The van der Waals surface area contributed by atoms with Crippen LogP contribution in [0, 0.1) is 6.07 Å². The summed E-state index contributed by atoms with van der Waals surface area (Å²) in [4.78, 5) is 0. The molecule has 2 nitrogen and oxygen atoms in total. The number of hydrogen-bond acceptors (Lipinski definition) is 2. The Kier molecular flexibility index (Phi) is 3.10. The molecule has 81 valence electrons. The second-order valence-corrected chi connectivity index (χ2v) is 3.66. The lowest BCUT2D eigenvalue weighted by Gasteiger charge is -2.08. The first-order chi connectivity index (χ1) is 7.79. The smallest absolute Gasteiger partial charge is 0.123 e. The first kappa shape index (κ1) is 10.6. The molecule has 0 spiro atoms. The Morgan fingerprint density at radius 3 is 2.94 bits per heavy atom. The first-order valence-electron chi connectivity index (χ1n) is 5.17. The molecule has 1 radical (unpaired) electrons. The van der Waals surface area contributed by atoms with Crippen molar-refractivity contribution < 1.29 is 4.74 Å². The molecule has 0 aliphatic heterocycles. The van der Waals surface area contributed by atoms with E-state index in [1.54, 1.807) is 7.11 Å². The summed E-state index contributed by atoms with van der Waals surface area (Å²) in [6, 6.07) is 16.7. The fourth-order valence-corrected chi connectivity index (χ4v) is 1.71. The summed E-state index contributed by atoms with van der Waals surface area (Å²) in [5.41, 5.74) is 8.87. The van der Waals surface area contributed by atoms with E-state index in [-0.39, 0.29) is 0 Å². The van der Waals surface area contributed by atoms with Crippen molar-refractivity contribution in [2.24, 2.45) is 0 Å². The van der Waals surface area contributed by atoms with Gasteiger partial charge >= 0.3 is 0 Å². The fraction of sp³-hybridized carbons (Fsp3) is 0.143. The highest BCUT2D eigenvalue weighted by Gasteiger charge is 2.02. The zero-order chi connectivity index (χ0) is 11.4. The van der Waals surface area contributed by atoms with Crippen LogP contribution in [-0.2, 0) is 6.42 Å². The molecule has 0 heterocycles. The predicted molar refractivity (Wildman–Crippen MR) is 65.5 cm³/mol. The van der Waals surface area contributed by atoms with Crippen molar-refractivity contribution in [1.29, 1.82) is 0 Å². The summed E-state index contributed by atoms with van der Waals surface area (Å²) in [6.07, 6.45) is 0.822. The molecule has 0 aliphatic carbocycles. The molecule has 0 amide bonds. The molecule has 0 saturated carbocycles. The minimum atomic E-state index is 0.791. The maximum atomic E-state index is 5.75. The molecular formula is C14H14NO. The Balaban J connectivity index is 2.26. The Labute approximate surface area is 95.7 Å². The minimum absolute atomic E-state index is 0.791. The summed E-state index contributed by atoms with van der Waals surface area (Å²) in [5, 5.41) is 0. The van der Waals surface area contributed by atoms with Crippen molar-refractivity contribution in [3.8, 4) is 5.75 Å². The van der Waals surface area contributed by atoms with E-state index in [0.717, 1.165) is 23.4 Å². The lowest BCUT2D eigenvalue weighted by atomic mass is 10.0. The lowest BCUT2D eigenvalue weighted by Crippen LogP contribution is -1.94. The van der Waals surface area contributed by atoms with Gasteiger partial charge in [-0.15, -0.1) is 0 Å². The zero-order valence-corrected chi connectivity index (χ0v) is 9.23. The first-order valence-corrected chi connectivity index (χ1v) is 5.17. The number of nitrogen functional groups attached to an aromatic ring is 1. The Hall–Kier alpha value is -1.96. The third-order valence-electron chi connectivity index (χ3n) is 2.48. The molecule has 2 rings (SSSR count). The summed E-state index contributed by atoms with van der Waals surface area (Å²) < 4.78 is 5.29. The van der Waals surface area contributed by atoms with E-state index in [1.165, 1.54) is 5.56 Å². The molecule has 0 fully saturated rings. The van der Waals surface area contributed by atoms with Gasteiger partial charge in [-0.1, -0.05) is 24.3 Å². The van der Waals surface area contributed by atoms with Crippen molar-refractivity contribution in [1.82, 2.24) is 0 Å². The lowest BCUT2D eigenvalue weighted by molar-refractivity contribution is 0.410. The van der Waals surface area contributed by atoms with Crippen LogP contribution in [0.5, 0.6) is 5.75 Å². The van der Waals surface area contributed by atoms with E-state index in [1.807, 2.05) is 36.4 Å². The third-order valence-corrected chi connectivity index (χ3v) is 2.48. The van der Waals surface area contributed by atoms with E-state index in [4.69, 9.17) is 10.5 Å². The van der Waals surface area contributed by atoms with Crippen molar-refractivity contribution in [2.75, 3.05) is 12.8 Å². The minimum Gasteiger partial charge on any atom is -0.496 e. The van der Waals surface area contributed by atoms with Crippen molar-refractivity contribution in [2.45, 2.75) is 6.42 Å². The van der Waals surface area contributed by atoms with Gasteiger partial charge in [-0.2, -0.15) is 0 Å². The molecule has 2 N–H and O–H groups in total. The van der Waals surface area contributed by atoms with Gasteiger partial charge in [-0.05, 0) is 35.4 Å². The van der Waals surface area contributed by atoms with Crippen LogP contribution in [0.2, 0.25) is 0 Å². The quantitative estimate of drug-likeness (QED) is 0.794. The second-order valence-electron chi connectivity index (χ2n) is 3.66. The summed E-state index contributed by atoms with van der Waals surface area (Å²) in [7, 11) is 1.67. The second kappa shape index (κ2) is 4.71. The van der Waals surface area contributed by atoms with Crippen LogP contribution in [0.3, 0.4) is 0 Å². The van der Waals surface area contributed by atoms with Crippen molar-refractivity contribution in [3.63, 3.8) is 0 Å². The molecule has 2 heteroatoms. The van der Waals surface area contributed by atoms with Gasteiger partial charge in [0, 0.05) is 12.1 Å². The predicted octanol–water partition coefficient (Wildman–Crippen LogP) is 2.67. The average Bonchev–Trinajstić information content (AvgIpc) is 2.30. The van der Waals surface area contributed by atoms with Crippen LogP contribution in [0.4, 0.5) is 5.69 Å². The number of nitrogens with two attached hydrogens (primary N) is 1. The van der Waals surface area contributed by atoms with Gasteiger partial charge in [-0.3, -0.25) is 0 Å². The molecule has 0 aromatic heterocycles. The maximum absolute atomic E-state index is 5.75. The van der Waals surface area contributed by atoms with Gasteiger partial charge in [-0.25, -0.2) is 0 Å². The van der Waals surface area contributed by atoms with Crippen LogP contribution in [-0.4, -0.2) is 7.11 Å². The van der Waals surface area contributed by atoms with Crippen LogP contribution >= 0.6 is 0 Å². The van der Waals surface area contributed by atoms with E-state index in [2.05, 4.69) is 12.1 Å². The van der Waals surface area contributed by atoms with Gasteiger partial charge in [0.2, 0.25) is 0 Å². The van der Waals surface area contributed by atoms with Gasteiger partial charge in [0.15, 0.2) is 0 Å². The van der Waals surface area contributed by atoms with E-state index < -0.39 is 0 Å². The highest BCUT2D eigenvalue weighted by molar-refractivity contribution is 5.44. The highest BCUT2D eigenvalue weighted by Crippen LogP contribution is 2.21. The number of rotatable bonds is 3. The number of methoxy groups -OCH3 is 1. The van der Waals surface area contributed by atoms with E-state index in [0.29, 0.717) is 0 Å². The molecule has 0 atom stereocenters. The number of anilines is 1. The molecule has 0 unspecified atom stereocenters. The monoisotopic (exact) mass is 212 g/mol. The molecular weight excluding hydrogens is 198 g/mol. The summed E-state index contributed by atoms with van der Waals surface area (Å²) in [5.74, 6) is 0.866. The molecule has 2 aromatic carbocycles. The topological polar surface area (TPSA) is 35.2 Å². The maximum Gasteiger partial charge on any atom is 0.123 e. The number of ether oxygens (including phenoxy) is 1. The molecule has 0 saturated heterocycles. The Bertz CT molecular complexity index is 480. The van der Waals surface area contributed by atoms with E-state index in [9.17, 15) is 0 Å². The third kappa shape index (κ3) is 2.34. The number of hydrogen-bond donors (Lipinski definition) is 1. The largest absolute Gasteiger partial charge is 0.496 e. The zero-order valence-electron chi connectivity index (χ0n) is 9.23. The van der Waals surface area contributed by atoms with Gasteiger partial charge in [0.1, 0.15) is 5.75 Å². The molecule has 0 bridgehead atoms.